The molecule has 5 heteroatoms. The first kappa shape index (κ1) is 14.1. The smallest absolute Gasteiger partial charge is 0.252 e. The van der Waals surface area contributed by atoms with Crippen LogP contribution in [0, 0.1) is 6.92 Å². The van der Waals surface area contributed by atoms with Crippen LogP contribution in [0.15, 0.2) is 16.9 Å². The molecular formula is C14H22N2O3. The summed E-state index contributed by atoms with van der Waals surface area (Å²) in [7, 11) is 1.66. The van der Waals surface area contributed by atoms with E-state index in [0.717, 1.165) is 30.8 Å². The number of anilines is 1. The Morgan fingerprint density at radius 2 is 2.37 bits per heavy atom. The third-order valence-corrected chi connectivity index (χ3v) is 3.38. The van der Waals surface area contributed by atoms with Gasteiger partial charge in [0.15, 0.2) is 0 Å². The third-order valence-electron chi connectivity index (χ3n) is 3.38. The molecule has 106 valence electrons. The van der Waals surface area contributed by atoms with Gasteiger partial charge < -0.3 is 19.4 Å². The average Bonchev–Trinajstić information content (AvgIpc) is 2.87. The number of aryl methyl sites for hydroxylation is 1. The first-order valence-electron chi connectivity index (χ1n) is 6.76. The molecule has 1 aromatic rings. The van der Waals surface area contributed by atoms with Gasteiger partial charge in [0.25, 0.3) is 5.56 Å². The summed E-state index contributed by atoms with van der Waals surface area (Å²) in [5.41, 5.74) is 1.83. The van der Waals surface area contributed by atoms with Gasteiger partial charge in [-0.2, -0.15) is 0 Å². The number of hydrogen-bond acceptors (Lipinski definition) is 4. The molecule has 1 aliphatic rings. The first-order chi connectivity index (χ1) is 9.20. The van der Waals surface area contributed by atoms with E-state index >= 15 is 0 Å². The zero-order chi connectivity index (χ0) is 13.7. The van der Waals surface area contributed by atoms with E-state index in [4.69, 9.17) is 9.47 Å². The van der Waals surface area contributed by atoms with Crippen molar-refractivity contribution in [3.8, 4) is 0 Å². The molecule has 0 saturated carbocycles. The number of ether oxygens (including phenoxy) is 2. The van der Waals surface area contributed by atoms with Crippen LogP contribution in [0.3, 0.4) is 0 Å². The van der Waals surface area contributed by atoms with Crippen LogP contribution in [-0.4, -0.2) is 37.5 Å². The first-order valence-corrected chi connectivity index (χ1v) is 6.76. The van der Waals surface area contributed by atoms with Crippen molar-refractivity contribution in [2.45, 2.75) is 32.4 Å². The van der Waals surface area contributed by atoms with E-state index < -0.39 is 0 Å². The maximum atomic E-state index is 12.1. The molecule has 0 bridgehead atoms. The Morgan fingerprint density at radius 3 is 3.00 bits per heavy atom. The topological polar surface area (TPSA) is 52.5 Å². The molecule has 19 heavy (non-hydrogen) atoms. The predicted octanol–water partition coefficient (Wildman–Crippen LogP) is 1.39. The number of nitrogens with one attached hydrogen (secondary N) is 1. The number of nitrogens with zero attached hydrogens (tertiary/aromatic N) is 1. The molecule has 5 nitrogen and oxygen atoms in total. The molecule has 0 amide bonds. The largest absolute Gasteiger partial charge is 0.383 e. The van der Waals surface area contributed by atoms with Crippen LogP contribution < -0.4 is 10.9 Å². The van der Waals surface area contributed by atoms with Crippen LogP contribution in [0.1, 0.15) is 18.5 Å². The molecule has 2 rings (SSSR count). The highest BCUT2D eigenvalue weighted by Gasteiger charge is 2.17. The summed E-state index contributed by atoms with van der Waals surface area (Å²) in [5.74, 6) is 0. The maximum Gasteiger partial charge on any atom is 0.252 e. The fourth-order valence-corrected chi connectivity index (χ4v) is 2.35. The number of pyridine rings is 1. The lowest BCUT2D eigenvalue weighted by molar-refractivity contribution is 0.0956. The van der Waals surface area contributed by atoms with Crippen molar-refractivity contribution in [1.29, 1.82) is 0 Å². The summed E-state index contributed by atoms with van der Waals surface area (Å²) in [6, 6.07) is 3.63. The lowest BCUT2D eigenvalue weighted by Gasteiger charge is -2.16. The molecule has 2 heterocycles. The second-order valence-electron chi connectivity index (χ2n) is 4.89. The van der Waals surface area contributed by atoms with E-state index in [-0.39, 0.29) is 11.7 Å². The van der Waals surface area contributed by atoms with Gasteiger partial charge in [-0.3, -0.25) is 4.79 Å². The van der Waals surface area contributed by atoms with Gasteiger partial charge >= 0.3 is 0 Å². The van der Waals surface area contributed by atoms with Crippen molar-refractivity contribution in [3.05, 3.63) is 28.2 Å². The van der Waals surface area contributed by atoms with Crippen molar-refractivity contribution in [1.82, 2.24) is 4.57 Å². The Morgan fingerprint density at radius 1 is 1.53 bits per heavy atom. The van der Waals surface area contributed by atoms with Gasteiger partial charge in [-0.15, -0.1) is 0 Å². The molecule has 0 radical (unpaired) electrons. The second kappa shape index (κ2) is 6.73. The molecule has 1 atom stereocenters. The molecule has 1 aromatic heterocycles. The van der Waals surface area contributed by atoms with Gasteiger partial charge in [-0.25, -0.2) is 0 Å². The van der Waals surface area contributed by atoms with Crippen molar-refractivity contribution in [3.63, 3.8) is 0 Å². The van der Waals surface area contributed by atoms with E-state index in [1.165, 1.54) is 0 Å². The van der Waals surface area contributed by atoms with Gasteiger partial charge in [-0.1, -0.05) is 0 Å². The number of rotatable bonds is 6. The summed E-state index contributed by atoms with van der Waals surface area (Å²) in [6.07, 6.45) is 2.32. The van der Waals surface area contributed by atoms with Crippen molar-refractivity contribution in [2.24, 2.45) is 0 Å². The SMILES string of the molecule is COCCNc1cc(C)n(C[C@@H]2CCCO2)c(=O)c1. The molecule has 0 unspecified atom stereocenters. The van der Waals surface area contributed by atoms with Gasteiger partial charge in [0.1, 0.15) is 0 Å². The third kappa shape index (κ3) is 3.81. The Balaban J connectivity index is 2.05. The highest BCUT2D eigenvalue weighted by molar-refractivity contribution is 5.43. The molecular weight excluding hydrogens is 244 g/mol. The lowest BCUT2D eigenvalue weighted by atomic mass is 10.2. The fourth-order valence-electron chi connectivity index (χ4n) is 2.35. The van der Waals surface area contributed by atoms with Gasteiger partial charge in [0.05, 0.1) is 19.3 Å². The van der Waals surface area contributed by atoms with E-state index in [1.54, 1.807) is 17.7 Å². The number of hydrogen-bond donors (Lipinski definition) is 1. The molecule has 0 aliphatic carbocycles. The fraction of sp³-hybridized carbons (Fsp3) is 0.643. The highest BCUT2D eigenvalue weighted by Crippen LogP contribution is 2.15. The Kier molecular flexibility index (Phi) is 4.99. The quantitative estimate of drug-likeness (QED) is 0.791. The molecule has 0 spiro atoms. The Bertz CT molecular complexity index is 464. The van der Waals surface area contributed by atoms with Crippen molar-refractivity contribution < 1.29 is 9.47 Å². The molecule has 1 fully saturated rings. The molecule has 1 saturated heterocycles. The van der Waals surface area contributed by atoms with Gasteiger partial charge in [-0.05, 0) is 25.8 Å². The number of methoxy groups -OCH3 is 1. The van der Waals surface area contributed by atoms with Crippen molar-refractivity contribution >= 4 is 5.69 Å². The minimum absolute atomic E-state index is 0.0235. The monoisotopic (exact) mass is 266 g/mol. The van der Waals surface area contributed by atoms with Crippen LogP contribution in [0.5, 0.6) is 0 Å². The van der Waals surface area contributed by atoms with E-state index in [0.29, 0.717) is 19.7 Å². The second-order valence-corrected chi connectivity index (χ2v) is 4.89. The zero-order valence-electron chi connectivity index (χ0n) is 11.6. The molecule has 1 N–H and O–H groups in total. The van der Waals surface area contributed by atoms with Crippen molar-refractivity contribution in [2.75, 3.05) is 32.2 Å². The predicted molar refractivity (Wildman–Crippen MR) is 74.8 cm³/mol. The van der Waals surface area contributed by atoms with E-state index in [2.05, 4.69) is 5.32 Å². The number of aromatic nitrogens is 1. The van der Waals surface area contributed by atoms with Crippen LogP contribution in [-0.2, 0) is 16.0 Å². The standard InChI is InChI=1S/C14H22N2O3/c1-11-8-12(15-5-7-18-2)9-14(17)16(11)10-13-4-3-6-19-13/h8-9,13,15H,3-7,10H2,1-2H3/t13-/m0/s1. The van der Waals surface area contributed by atoms with Gasteiger partial charge in [0, 0.05) is 37.7 Å². The lowest BCUT2D eigenvalue weighted by Crippen LogP contribution is -2.28. The van der Waals surface area contributed by atoms with Crippen LogP contribution in [0.4, 0.5) is 5.69 Å². The zero-order valence-corrected chi connectivity index (χ0v) is 11.6. The Hall–Kier alpha value is -1.33. The minimum Gasteiger partial charge on any atom is -0.383 e. The minimum atomic E-state index is 0.0235. The maximum absolute atomic E-state index is 12.1. The van der Waals surface area contributed by atoms with E-state index in [1.807, 2.05) is 13.0 Å². The summed E-state index contributed by atoms with van der Waals surface area (Å²) in [4.78, 5) is 12.1. The average molecular weight is 266 g/mol. The highest BCUT2D eigenvalue weighted by atomic mass is 16.5. The van der Waals surface area contributed by atoms with Gasteiger partial charge in [0.2, 0.25) is 0 Å². The Labute approximate surface area is 113 Å². The normalized spacial score (nSPS) is 18.7. The molecule has 0 aromatic carbocycles. The summed E-state index contributed by atoms with van der Waals surface area (Å²) in [6.45, 7) is 4.75. The summed E-state index contributed by atoms with van der Waals surface area (Å²) < 4.78 is 12.3. The summed E-state index contributed by atoms with van der Waals surface area (Å²) >= 11 is 0. The van der Waals surface area contributed by atoms with Crippen LogP contribution in [0.2, 0.25) is 0 Å². The molecule has 1 aliphatic heterocycles. The van der Waals surface area contributed by atoms with Crippen LogP contribution in [0.25, 0.3) is 0 Å². The van der Waals surface area contributed by atoms with E-state index in [9.17, 15) is 4.79 Å². The van der Waals surface area contributed by atoms with Crippen LogP contribution >= 0.6 is 0 Å². The summed E-state index contributed by atoms with van der Waals surface area (Å²) in [5, 5.41) is 3.18.